The molecule has 1 saturated carbocycles. The number of benzene rings is 2. The molecule has 6 rings (SSSR count). The van der Waals surface area contributed by atoms with Crippen molar-refractivity contribution in [2.24, 2.45) is 5.92 Å². The van der Waals surface area contributed by atoms with Gasteiger partial charge >= 0.3 is 0 Å². The second kappa shape index (κ2) is 5.88. The van der Waals surface area contributed by atoms with E-state index in [1.807, 2.05) is 54.8 Å². The number of nitrogens with zero attached hydrogens (tertiary/aromatic N) is 1. The molecule has 2 aromatic rings. The third-order valence-electron chi connectivity index (χ3n) is 7.25. The number of amides is 1. The fourth-order valence-corrected chi connectivity index (χ4v) is 6.14. The van der Waals surface area contributed by atoms with Crippen LogP contribution in [0.5, 0.6) is 0 Å². The number of fused-ring (bicyclic) bond motifs is 4. The number of likely N-dealkylation sites (tertiary alicyclic amines) is 1. The lowest BCUT2D eigenvalue weighted by atomic mass is 9.57. The molecule has 0 aromatic heterocycles. The van der Waals surface area contributed by atoms with Crippen molar-refractivity contribution in [2.45, 2.75) is 11.0 Å². The Hall–Kier alpha value is -2.79. The van der Waals surface area contributed by atoms with Crippen molar-refractivity contribution in [3.63, 3.8) is 0 Å². The smallest absolute Gasteiger partial charge is 0.238 e. The number of hydrogen-bond donors (Lipinski definition) is 1. The fraction of sp³-hybridized carbons (Fsp3) is 0.200. The minimum Gasteiger partial charge on any atom is -0.325 e. The van der Waals surface area contributed by atoms with Gasteiger partial charge in [-0.05, 0) is 56.2 Å². The van der Waals surface area contributed by atoms with Crippen molar-refractivity contribution < 1.29 is 14.4 Å². The average molecular weight is 395 g/mol. The van der Waals surface area contributed by atoms with E-state index in [2.05, 4.69) is 5.32 Å². The molecule has 2 aliphatic heterocycles. The standard InChI is InChI=1S/C25H19N2O3/c1-27-14-19(15-8-2-3-9-15)24(18-12-6-7-13-20(18)26-23(24)30)25(27)21(28)16-10-4-5-11-17(16)22(25)29/h2-13,19H,14H2,1H3,(H,26,30)/t19-,24+/m0/s1. The summed E-state index contributed by atoms with van der Waals surface area (Å²) in [6.07, 6.45) is 7.81. The van der Waals surface area contributed by atoms with Gasteiger partial charge in [0.2, 0.25) is 5.91 Å². The van der Waals surface area contributed by atoms with Crippen LogP contribution in [-0.2, 0) is 10.2 Å². The summed E-state index contributed by atoms with van der Waals surface area (Å²) in [6.45, 7) is 0.428. The zero-order valence-corrected chi connectivity index (χ0v) is 16.4. The minimum atomic E-state index is -1.60. The molecular weight excluding hydrogens is 376 g/mol. The van der Waals surface area contributed by atoms with Crippen LogP contribution in [0.3, 0.4) is 0 Å². The van der Waals surface area contributed by atoms with Crippen LogP contribution < -0.4 is 5.32 Å². The molecule has 30 heavy (non-hydrogen) atoms. The van der Waals surface area contributed by atoms with Gasteiger partial charge in [-0.3, -0.25) is 19.3 Å². The number of para-hydroxylation sites is 1. The van der Waals surface area contributed by atoms with E-state index in [1.165, 1.54) is 0 Å². The van der Waals surface area contributed by atoms with Gasteiger partial charge < -0.3 is 5.32 Å². The fourth-order valence-electron chi connectivity index (χ4n) is 6.14. The van der Waals surface area contributed by atoms with Crippen LogP contribution in [0.15, 0.2) is 48.5 Å². The largest absolute Gasteiger partial charge is 0.325 e. The van der Waals surface area contributed by atoms with Crippen molar-refractivity contribution >= 4 is 23.2 Å². The second-order valence-corrected chi connectivity index (χ2v) is 8.37. The first kappa shape index (κ1) is 18.0. The Morgan fingerprint density at radius 1 is 0.900 bits per heavy atom. The lowest BCUT2D eigenvalue weighted by molar-refractivity contribution is -0.123. The van der Waals surface area contributed by atoms with Gasteiger partial charge in [0.25, 0.3) is 0 Å². The molecule has 5 radical (unpaired) electrons. The van der Waals surface area contributed by atoms with Crippen molar-refractivity contribution in [3.8, 4) is 0 Å². The molecule has 2 aliphatic carbocycles. The van der Waals surface area contributed by atoms with Crippen LogP contribution in [0.25, 0.3) is 0 Å². The molecular formula is C25H19N2O3. The Morgan fingerprint density at radius 2 is 1.50 bits per heavy atom. The van der Waals surface area contributed by atoms with E-state index in [9.17, 15) is 14.4 Å². The Bertz CT molecular complexity index is 1080. The van der Waals surface area contributed by atoms with Crippen molar-refractivity contribution in [1.29, 1.82) is 0 Å². The predicted octanol–water partition coefficient (Wildman–Crippen LogP) is 2.66. The third-order valence-corrected chi connectivity index (χ3v) is 7.25. The minimum absolute atomic E-state index is 0.284. The van der Waals surface area contributed by atoms with E-state index in [-0.39, 0.29) is 23.4 Å². The molecule has 2 aromatic carbocycles. The summed E-state index contributed by atoms with van der Waals surface area (Å²) in [7, 11) is 1.79. The van der Waals surface area contributed by atoms with Crippen LogP contribution in [0.4, 0.5) is 5.69 Å². The van der Waals surface area contributed by atoms with E-state index in [4.69, 9.17) is 0 Å². The Labute approximate surface area is 175 Å². The first-order valence-corrected chi connectivity index (χ1v) is 10.1. The molecule has 5 heteroatoms. The summed E-state index contributed by atoms with van der Waals surface area (Å²) >= 11 is 0. The normalized spacial score (nSPS) is 29.8. The predicted molar refractivity (Wildman–Crippen MR) is 111 cm³/mol. The number of Topliss-reactive ketones (excluding diaryl/α,β-unsaturated/α-hetero) is 2. The summed E-state index contributed by atoms with van der Waals surface area (Å²) in [5.41, 5.74) is -0.747. The number of rotatable bonds is 1. The summed E-state index contributed by atoms with van der Waals surface area (Å²) < 4.78 is 0. The third kappa shape index (κ3) is 1.78. The lowest BCUT2D eigenvalue weighted by Gasteiger charge is -2.43. The van der Waals surface area contributed by atoms with Crippen molar-refractivity contribution in [2.75, 3.05) is 18.9 Å². The van der Waals surface area contributed by atoms with Crippen LogP contribution in [0.1, 0.15) is 26.3 Å². The monoisotopic (exact) mass is 395 g/mol. The maximum Gasteiger partial charge on any atom is 0.238 e. The van der Waals surface area contributed by atoms with Gasteiger partial charge in [-0.25, -0.2) is 0 Å². The van der Waals surface area contributed by atoms with Gasteiger partial charge in [-0.15, -0.1) is 0 Å². The maximum absolute atomic E-state index is 14.0. The van der Waals surface area contributed by atoms with E-state index < -0.39 is 11.0 Å². The number of hydrogen-bond acceptors (Lipinski definition) is 4. The zero-order chi connectivity index (χ0) is 20.7. The molecule has 2 fully saturated rings. The zero-order valence-electron chi connectivity index (χ0n) is 16.4. The first-order valence-electron chi connectivity index (χ1n) is 10.1. The Morgan fingerprint density at radius 3 is 2.17 bits per heavy atom. The highest BCUT2D eigenvalue weighted by Gasteiger charge is 2.79. The van der Waals surface area contributed by atoms with Gasteiger partial charge in [0, 0.05) is 23.4 Å². The van der Waals surface area contributed by atoms with Gasteiger partial charge in [-0.2, -0.15) is 0 Å². The highest BCUT2D eigenvalue weighted by Crippen LogP contribution is 2.63. The summed E-state index contributed by atoms with van der Waals surface area (Å²) in [5, 5.41) is 2.99. The topological polar surface area (TPSA) is 66.5 Å². The number of ketones is 2. The van der Waals surface area contributed by atoms with E-state index in [0.29, 0.717) is 23.4 Å². The quantitative estimate of drug-likeness (QED) is 0.754. The molecule has 2 heterocycles. The van der Waals surface area contributed by atoms with E-state index in [0.717, 1.165) is 11.5 Å². The van der Waals surface area contributed by atoms with Crippen LogP contribution in [0, 0.1) is 37.5 Å². The van der Waals surface area contributed by atoms with Crippen LogP contribution in [-0.4, -0.2) is 41.5 Å². The highest BCUT2D eigenvalue weighted by atomic mass is 16.2. The van der Waals surface area contributed by atoms with Gasteiger partial charge in [0.05, 0.1) is 0 Å². The van der Waals surface area contributed by atoms with Crippen LogP contribution in [0.2, 0.25) is 0 Å². The maximum atomic E-state index is 14.0. The molecule has 0 bridgehead atoms. The van der Waals surface area contributed by atoms with Crippen molar-refractivity contribution in [3.05, 3.63) is 96.8 Å². The summed E-state index contributed by atoms with van der Waals surface area (Å²) in [4.78, 5) is 43.7. The summed E-state index contributed by atoms with van der Waals surface area (Å²) in [6, 6.07) is 14.4. The van der Waals surface area contributed by atoms with Crippen LogP contribution >= 0.6 is 0 Å². The Balaban J connectivity index is 1.69. The number of nitrogens with one attached hydrogen (secondary N) is 1. The molecule has 0 unspecified atom stereocenters. The molecule has 1 N–H and O–H groups in total. The SMILES string of the molecule is CN1C[C@@H]([C]2[CH][CH][CH][CH]2)[C@]2(C(=O)Nc3ccccc32)C12C(=O)c1ccccc1C2=O. The van der Waals surface area contributed by atoms with E-state index >= 15 is 0 Å². The van der Waals surface area contributed by atoms with Gasteiger partial charge in [0.1, 0.15) is 5.41 Å². The van der Waals surface area contributed by atoms with E-state index in [1.54, 1.807) is 31.3 Å². The van der Waals surface area contributed by atoms with Crippen molar-refractivity contribution in [1.82, 2.24) is 4.90 Å². The first-order chi connectivity index (χ1) is 14.5. The summed E-state index contributed by atoms with van der Waals surface area (Å²) in [5.74, 6) is -0.225. The molecule has 5 nitrogen and oxygen atoms in total. The van der Waals surface area contributed by atoms with Gasteiger partial charge in [-0.1, -0.05) is 42.5 Å². The molecule has 2 spiro atoms. The molecule has 1 amide bonds. The number of carbonyl (C=O) groups excluding carboxylic acids is 3. The van der Waals surface area contributed by atoms with Gasteiger partial charge in [0.15, 0.2) is 17.1 Å². The molecule has 1 saturated heterocycles. The Kier molecular flexibility index (Phi) is 3.53. The molecule has 2 atom stereocenters. The molecule has 4 aliphatic rings. The number of anilines is 1. The molecule has 147 valence electrons. The lowest BCUT2D eigenvalue weighted by Crippen LogP contribution is -2.66. The number of carbonyl (C=O) groups is 3. The second-order valence-electron chi connectivity index (χ2n) is 8.37. The highest BCUT2D eigenvalue weighted by molar-refractivity contribution is 6.37. The number of likely N-dealkylation sites (N-methyl/N-ethyl adjacent to an activating group) is 1. The average Bonchev–Trinajstić information content (AvgIpc) is 3.49.